The lowest BCUT2D eigenvalue weighted by Crippen LogP contribution is -2.32. The van der Waals surface area contributed by atoms with Crippen LogP contribution < -0.4 is 25.0 Å². The molecule has 2 fully saturated rings. The van der Waals surface area contributed by atoms with Crippen molar-refractivity contribution in [3.8, 4) is 34.3 Å². The summed E-state index contributed by atoms with van der Waals surface area (Å²) in [5.74, 6) is 1.41. The van der Waals surface area contributed by atoms with E-state index in [1.165, 1.54) is 24.3 Å². The second kappa shape index (κ2) is 18.4. The van der Waals surface area contributed by atoms with E-state index in [2.05, 4.69) is 35.0 Å². The monoisotopic (exact) mass is 892 g/mol. The van der Waals surface area contributed by atoms with E-state index in [1.54, 1.807) is 86.1 Å². The molecule has 0 saturated carbocycles. The standard InChI is InChI=1S/C25H25FN6O2.C23H21FN6O2/c1-16(17-5-4-6-19(26)11-17)34-24-10-9-23-28-14-21(32(23)29-24)18-7-8-22(27-13-18)31-15-20(30(2)3)12-25(31)33;1-14(15-3-2-4-17(24)9-15)32-22-8-7-21-27-12-19(30(21)28-22)16-5-6-20(26-11-16)29-13-18(25)10-23(29)31/h4-11,13-14,16,20H,12,15H2,1-3H3;2-9,11-12,14,18H,10,13,25H2,1H3/t16-,20+;14-,18+/m11/s1. The fourth-order valence-corrected chi connectivity index (χ4v) is 7.86. The van der Waals surface area contributed by atoms with E-state index < -0.39 is 0 Å². The van der Waals surface area contributed by atoms with Crippen LogP contribution in [0.1, 0.15) is 50.0 Å². The summed E-state index contributed by atoms with van der Waals surface area (Å²) in [6, 6.07) is 27.1. The lowest BCUT2D eigenvalue weighted by atomic mass is 10.1. The molecule has 0 unspecified atom stereocenters. The third-order valence-corrected chi connectivity index (χ3v) is 11.5. The normalized spacial score (nSPS) is 17.1. The molecule has 0 spiro atoms. The molecule has 8 heterocycles. The van der Waals surface area contributed by atoms with Crippen molar-refractivity contribution in [2.75, 3.05) is 37.0 Å². The largest absolute Gasteiger partial charge is 0.469 e. The molecule has 6 aromatic heterocycles. The molecule has 2 aliphatic heterocycles. The summed E-state index contributed by atoms with van der Waals surface area (Å²) in [4.78, 5) is 47.7. The van der Waals surface area contributed by atoms with Crippen molar-refractivity contribution in [1.82, 2.24) is 44.1 Å². The topological polar surface area (TPSA) is 174 Å². The minimum absolute atomic E-state index is 0.0246. The van der Waals surface area contributed by atoms with Gasteiger partial charge in [-0.2, -0.15) is 0 Å². The molecule has 2 aromatic carbocycles. The average molecular weight is 893 g/mol. The Labute approximate surface area is 378 Å². The molecule has 8 aromatic rings. The van der Waals surface area contributed by atoms with Crippen LogP contribution in [0.4, 0.5) is 20.4 Å². The van der Waals surface area contributed by atoms with Crippen molar-refractivity contribution in [2.45, 2.75) is 51.0 Å². The maximum absolute atomic E-state index is 13.6. The van der Waals surface area contributed by atoms with Crippen LogP contribution in [0.5, 0.6) is 11.8 Å². The van der Waals surface area contributed by atoms with Crippen molar-refractivity contribution in [3.05, 3.63) is 145 Å². The van der Waals surface area contributed by atoms with Crippen LogP contribution in [0.15, 0.2) is 122 Å². The summed E-state index contributed by atoms with van der Waals surface area (Å²) in [6.07, 6.45) is 6.89. The molecule has 16 nitrogen and oxygen atoms in total. The molecule has 66 heavy (non-hydrogen) atoms. The van der Waals surface area contributed by atoms with E-state index in [4.69, 9.17) is 15.2 Å². The maximum Gasteiger partial charge on any atom is 0.232 e. The SMILES string of the molecule is C[C@@H](Oc1ccc2ncc(-c3ccc(N4C[C@@H](N(C)C)CC4=O)nc3)n2n1)c1cccc(F)c1.C[C@@H](Oc1ccc2ncc(-c3ccc(N4C[C@@H](N)CC4=O)nc3)n2n1)c1cccc(F)c1. The first kappa shape index (κ1) is 43.5. The summed E-state index contributed by atoms with van der Waals surface area (Å²) in [6.45, 7) is 4.77. The summed E-state index contributed by atoms with van der Waals surface area (Å²) in [5, 5.41) is 9.13. The first-order valence-corrected chi connectivity index (χ1v) is 21.4. The fourth-order valence-electron chi connectivity index (χ4n) is 7.86. The van der Waals surface area contributed by atoms with E-state index in [0.29, 0.717) is 66.2 Å². The number of pyridine rings is 2. The molecule has 10 rings (SSSR count). The maximum atomic E-state index is 13.6. The average Bonchev–Trinajstić information content (AvgIpc) is 4.11. The van der Waals surface area contributed by atoms with Crippen molar-refractivity contribution in [3.63, 3.8) is 0 Å². The molecule has 2 aliphatic rings. The molecular formula is C48H46F2N12O4. The Hall–Kier alpha value is -7.70. The quantitative estimate of drug-likeness (QED) is 0.143. The molecule has 0 radical (unpaired) electrons. The Morgan fingerprint density at radius 1 is 0.621 bits per heavy atom. The third-order valence-electron chi connectivity index (χ3n) is 11.5. The van der Waals surface area contributed by atoms with Crippen LogP contribution in [-0.2, 0) is 9.59 Å². The predicted molar refractivity (Wildman–Crippen MR) is 243 cm³/mol. The number of benzene rings is 2. The van der Waals surface area contributed by atoms with E-state index in [0.717, 1.165) is 28.1 Å². The number of hydrogen-bond donors (Lipinski definition) is 1. The van der Waals surface area contributed by atoms with Gasteiger partial charge in [0.1, 0.15) is 35.5 Å². The van der Waals surface area contributed by atoms with Gasteiger partial charge in [-0.25, -0.2) is 37.7 Å². The van der Waals surface area contributed by atoms with Gasteiger partial charge in [-0.15, -0.1) is 10.2 Å². The Bertz CT molecular complexity index is 3030. The Morgan fingerprint density at radius 2 is 1.11 bits per heavy atom. The number of likely N-dealkylation sites (N-methyl/N-ethyl adjacent to an activating group) is 1. The van der Waals surface area contributed by atoms with Crippen LogP contribution >= 0.6 is 0 Å². The van der Waals surface area contributed by atoms with Gasteiger partial charge in [-0.05, 0) is 99.7 Å². The molecule has 2 amide bonds. The van der Waals surface area contributed by atoms with E-state index in [9.17, 15) is 18.4 Å². The smallest absolute Gasteiger partial charge is 0.232 e. The number of anilines is 2. The van der Waals surface area contributed by atoms with Gasteiger partial charge >= 0.3 is 0 Å². The highest BCUT2D eigenvalue weighted by Crippen LogP contribution is 2.29. The lowest BCUT2D eigenvalue weighted by Gasteiger charge is -2.19. The number of nitrogens with zero attached hydrogens (tertiary/aromatic N) is 11. The number of fused-ring (bicyclic) bond motifs is 2. The van der Waals surface area contributed by atoms with Crippen LogP contribution in [0.25, 0.3) is 33.8 Å². The third kappa shape index (κ3) is 9.27. The zero-order chi connectivity index (χ0) is 46.1. The number of halogens is 2. The molecule has 0 aliphatic carbocycles. The van der Waals surface area contributed by atoms with Crippen molar-refractivity contribution < 1.29 is 27.8 Å². The second-order valence-electron chi connectivity index (χ2n) is 16.4. The number of nitrogens with two attached hydrogens (primary N) is 1. The number of hydrogen-bond acceptors (Lipinski definition) is 12. The molecule has 18 heteroatoms. The predicted octanol–water partition coefficient (Wildman–Crippen LogP) is 6.87. The van der Waals surface area contributed by atoms with Crippen LogP contribution in [0, 0.1) is 11.6 Å². The van der Waals surface area contributed by atoms with E-state index in [1.807, 2.05) is 58.3 Å². The number of aromatic nitrogens is 8. The van der Waals surface area contributed by atoms with E-state index >= 15 is 0 Å². The van der Waals surface area contributed by atoms with Crippen molar-refractivity contribution in [2.24, 2.45) is 5.73 Å². The van der Waals surface area contributed by atoms with Gasteiger partial charge in [-0.3, -0.25) is 19.4 Å². The highest BCUT2D eigenvalue weighted by atomic mass is 19.1. The number of carbonyl (C=O) groups is 2. The Kier molecular flexibility index (Phi) is 12.2. The molecule has 4 atom stereocenters. The second-order valence-corrected chi connectivity index (χ2v) is 16.4. The summed E-state index contributed by atoms with van der Waals surface area (Å²) in [7, 11) is 3.96. The molecular weight excluding hydrogens is 847 g/mol. The number of amides is 2. The van der Waals surface area contributed by atoms with Gasteiger partial charge < -0.3 is 20.1 Å². The molecule has 2 N–H and O–H groups in total. The summed E-state index contributed by atoms with van der Waals surface area (Å²) < 4.78 is 42.3. The van der Waals surface area contributed by atoms with Crippen molar-refractivity contribution in [1.29, 1.82) is 0 Å². The fraction of sp³-hybridized carbons (Fsp3) is 0.250. The van der Waals surface area contributed by atoms with Gasteiger partial charge in [0.15, 0.2) is 11.3 Å². The minimum atomic E-state index is -0.382. The minimum Gasteiger partial charge on any atom is -0.469 e. The highest BCUT2D eigenvalue weighted by molar-refractivity contribution is 5.96. The van der Waals surface area contributed by atoms with Gasteiger partial charge in [0.25, 0.3) is 0 Å². The van der Waals surface area contributed by atoms with Crippen LogP contribution in [0.3, 0.4) is 0 Å². The molecule has 0 bridgehead atoms. The zero-order valence-electron chi connectivity index (χ0n) is 36.6. The summed E-state index contributed by atoms with van der Waals surface area (Å²) >= 11 is 0. The first-order valence-electron chi connectivity index (χ1n) is 21.4. The van der Waals surface area contributed by atoms with Gasteiger partial charge in [0.2, 0.25) is 23.6 Å². The zero-order valence-corrected chi connectivity index (χ0v) is 36.6. The number of ether oxygens (including phenoxy) is 2. The molecule has 336 valence electrons. The van der Waals surface area contributed by atoms with Crippen LogP contribution in [0.2, 0.25) is 0 Å². The molecule has 2 saturated heterocycles. The van der Waals surface area contributed by atoms with Crippen LogP contribution in [-0.4, -0.2) is 95.1 Å². The highest BCUT2D eigenvalue weighted by Gasteiger charge is 2.33. The lowest BCUT2D eigenvalue weighted by molar-refractivity contribution is -0.118. The summed E-state index contributed by atoms with van der Waals surface area (Å²) in [5.41, 5.74) is 11.7. The van der Waals surface area contributed by atoms with Gasteiger partial charge in [-0.1, -0.05) is 24.3 Å². The number of rotatable bonds is 11. The van der Waals surface area contributed by atoms with Gasteiger partial charge in [0, 0.05) is 73.7 Å². The van der Waals surface area contributed by atoms with Crippen molar-refractivity contribution >= 4 is 34.7 Å². The number of imidazole rings is 2. The number of carbonyl (C=O) groups excluding carboxylic acids is 2. The van der Waals surface area contributed by atoms with Gasteiger partial charge in [0.05, 0.1) is 23.8 Å². The Balaban J connectivity index is 0.000000166. The Morgan fingerprint density at radius 3 is 1.52 bits per heavy atom. The first-order chi connectivity index (χ1) is 31.9. The van der Waals surface area contributed by atoms with E-state index in [-0.39, 0.29) is 47.7 Å².